The Morgan fingerprint density at radius 1 is 0.917 bits per heavy atom. The molecular formula is C28H31N3O4S. The van der Waals surface area contributed by atoms with Crippen LogP contribution in [-0.2, 0) is 26.2 Å². The summed E-state index contributed by atoms with van der Waals surface area (Å²) in [6.45, 7) is 9.48. The summed E-state index contributed by atoms with van der Waals surface area (Å²) in [4.78, 5) is 26.4. The molecule has 2 amide bonds. The van der Waals surface area contributed by atoms with Crippen molar-refractivity contribution in [2.24, 2.45) is 0 Å². The van der Waals surface area contributed by atoms with Crippen molar-refractivity contribution in [2.75, 3.05) is 9.62 Å². The molecule has 0 aliphatic carbocycles. The van der Waals surface area contributed by atoms with E-state index in [2.05, 4.69) is 10.6 Å². The van der Waals surface area contributed by atoms with Gasteiger partial charge in [-0.2, -0.15) is 0 Å². The van der Waals surface area contributed by atoms with Crippen LogP contribution in [0.2, 0.25) is 0 Å². The number of carbonyl (C=O) groups is 2. The molecule has 4 rings (SSSR count). The number of fused-ring (bicyclic) bond motifs is 1. The molecule has 3 aromatic rings. The van der Waals surface area contributed by atoms with E-state index in [4.69, 9.17) is 0 Å². The topological polar surface area (TPSA) is 95.6 Å². The highest BCUT2D eigenvalue weighted by molar-refractivity contribution is 7.93. The number of nitrogens with one attached hydrogen (secondary N) is 2. The van der Waals surface area contributed by atoms with Gasteiger partial charge in [-0.25, -0.2) is 8.42 Å². The zero-order valence-electron chi connectivity index (χ0n) is 21.2. The second kappa shape index (κ2) is 9.78. The zero-order chi connectivity index (χ0) is 26.2. The fourth-order valence-electron chi connectivity index (χ4n) is 4.76. The average molecular weight is 506 g/mol. The van der Waals surface area contributed by atoms with Crippen LogP contribution in [-0.4, -0.2) is 26.3 Å². The van der Waals surface area contributed by atoms with E-state index < -0.39 is 27.9 Å². The number of nitrogens with zero attached hydrogens (tertiary/aromatic N) is 1. The van der Waals surface area contributed by atoms with Gasteiger partial charge >= 0.3 is 0 Å². The van der Waals surface area contributed by atoms with Crippen LogP contribution in [0.25, 0.3) is 0 Å². The van der Waals surface area contributed by atoms with Crippen molar-refractivity contribution in [1.82, 2.24) is 5.32 Å². The quantitative estimate of drug-likeness (QED) is 0.517. The Balaban J connectivity index is 1.77. The molecule has 1 atom stereocenters. The van der Waals surface area contributed by atoms with Crippen LogP contribution in [0.3, 0.4) is 0 Å². The molecule has 0 aromatic heterocycles. The number of benzene rings is 3. The first-order valence-corrected chi connectivity index (χ1v) is 13.3. The van der Waals surface area contributed by atoms with Crippen LogP contribution in [0.4, 0.5) is 11.4 Å². The summed E-state index contributed by atoms with van der Waals surface area (Å²) in [5.41, 5.74) is 5.62. The van der Waals surface area contributed by atoms with E-state index in [9.17, 15) is 18.0 Å². The van der Waals surface area contributed by atoms with Gasteiger partial charge in [0.05, 0.1) is 22.7 Å². The molecule has 3 aromatic carbocycles. The number of carbonyl (C=O) groups excluding carboxylic acids is 2. The van der Waals surface area contributed by atoms with Crippen molar-refractivity contribution < 1.29 is 18.0 Å². The van der Waals surface area contributed by atoms with Gasteiger partial charge in [0, 0.05) is 6.54 Å². The molecule has 0 radical (unpaired) electrons. The molecule has 0 fully saturated rings. The summed E-state index contributed by atoms with van der Waals surface area (Å²) in [5, 5.41) is 5.64. The van der Waals surface area contributed by atoms with Crippen molar-refractivity contribution >= 4 is 33.2 Å². The third kappa shape index (κ3) is 4.86. The van der Waals surface area contributed by atoms with Crippen molar-refractivity contribution in [3.05, 3.63) is 88.0 Å². The molecule has 0 spiro atoms. The Morgan fingerprint density at radius 2 is 1.53 bits per heavy atom. The maximum absolute atomic E-state index is 14.2. The summed E-state index contributed by atoms with van der Waals surface area (Å²) < 4.78 is 29.6. The lowest BCUT2D eigenvalue weighted by molar-refractivity contribution is -0.125. The van der Waals surface area contributed by atoms with E-state index in [0.717, 1.165) is 26.6 Å². The van der Waals surface area contributed by atoms with Crippen LogP contribution in [0, 0.1) is 34.6 Å². The Kier molecular flexibility index (Phi) is 6.91. The van der Waals surface area contributed by atoms with Gasteiger partial charge in [0.2, 0.25) is 11.8 Å². The zero-order valence-corrected chi connectivity index (χ0v) is 22.0. The van der Waals surface area contributed by atoms with Crippen LogP contribution < -0.4 is 14.9 Å². The van der Waals surface area contributed by atoms with Crippen LogP contribution in [0.15, 0.2) is 59.5 Å². The maximum atomic E-state index is 14.2. The maximum Gasteiger partial charge on any atom is 0.265 e. The third-order valence-electron chi connectivity index (χ3n) is 6.53. The lowest BCUT2D eigenvalue weighted by Crippen LogP contribution is -2.53. The molecule has 36 heavy (non-hydrogen) atoms. The van der Waals surface area contributed by atoms with Gasteiger partial charge in [-0.3, -0.25) is 13.9 Å². The fourth-order valence-corrected chi connectivity index (χ4v) is 6.81. The van der Waals surface area contributed by atoms with Gasteiger partial charge in [0.25, 0.3) is 10.0 Å². The fraction of sp³-hybridized carbons (Fsp3) is 0.286. The van der Waals surface area contributed by atoms with Gasteiger partial charge in [-0.15, -0.1) is 0 Å². The number of rotatable bonds is 6. The minimum absolute atomic E-state index is 0.154. The lowest BCUT2D eigenvalue weighted by atomic mass is 10.0. The van der Waals surface area contributed by atoms with Gasteiger partial charge in [-0.05, 0) is 74.6 Å². The number of aryl methyl sites for hydroxylation is 5. The van der Waals surface area contributed by atoms with Gasteiger partial charge in [0.1, 0.15) is 6.04 Å². The number of hydrogen-bond acceptors (Lipinski definition) is 4. The smallest absolute Gasteiger partial charge is 0.265 e. The minimum atomic E-state index is -4.19. The first kappa shape index (κ1) is 25.4. The van der Waals surface area contributed by atoms with Crippen LogP contribution in [0.1, 0.15) is 39.8 Å². The molecule has 0 unspecified atom stereocenters. The molecule has 1 aliphatic heterocycles. The van der Waals surface area contributed by atoms with Gasteiger partial charge in [0.15, 0.2) is 0 Å². The molecule has 0 bridgehead atoms. The second-order valence-corrected chi connectivity index (χ2v) is 11.2. The van der Waals surface area contributed by atoms with Crippen molar-refractivity contribution in [1.29, 1.82) is 0 Å². The molecule has 0 saturated heterocycles. The molecular weight excluding hydrogens is 474 g/mol. The number of hydrogen-bond donors (Lipinski definition) is 2. The normalized spacial score (nSPS) is 15.3. The molecule has 7 nitrogen and oxygen atoms in total. The van der Waals surface area contributed by atoms with Gasteiger partial charge < -0.3 is 10.6 Å². The van der Waals surface area contributed by atoms with Crippen molar-refractivity contribution in [2.45, 2.75) is 58.5 Å². The molecule has 2 N–H and O–H groups in total. The Morgan fingerprint density at radius 3 is 2.17 bits per heavy atom. The highest BCUT2D eigenvalue weighted by Crippen LogP contribution is 2.40. The van der Waals surface area contributed by atoms with E-state index in [1.165, 1.54) is 0 Å². The Hall–Kier alpha value is -3.65. The Bertz CT molecular complexity index is 1430. The highest BCUT2D eigenvalue weighted by atomic mass is 32.2. The van der Waals surface area contributed by atoms with E-state index in [1.807, 2.05) is 63.2 Å². The summed E-state index contributed by atoms with van der Waals surface area (Å²) in [6.07, 6.45) is -0.311. The number of sulfonamides is 1. The first-order chi connectivity index (χ1) is 17.0. The summed E-state index contributed by atoms with van der Waals surface area (Å²) >= 11 is 0. The monoisotopic (exact) mass is 505 g/mol. The van der Waals surface area contributed by atoms with Crippen molar-refractivity contribution in [3.63, 3.8) is 0 Å². The van der Waals surface area contributed by atoms with Crippen LogP contribution in [0.5, 0.6) is 0 Å². The molecule has 0 saturated carbocycles. The van der Waals surface area contributed by atoms with Crippen LogP contribution >= 0.6 is 0 Å². The molecule has 188 valence electrons. The second-order valence-electron chi connectivity index (χ2n) is 9.45. The minimum Gasteiger partial charge on any atom is -0.352 e. The first-order valence-electron chi connectivity index (χ1n) is 11.8. The predicted octanol–water partition coefficient (Wildman–Crippen LogP) is 4.45. The summed E-state index contributed by atoms with van der Waals surface area (Å²) in [5.74, 6) is -0.949. The van der Waals surface area contributed by atoms with E-state index >= 15 is 0 Å². The number of amides is 2. The highest BCUT2D eigenvalue weighted by Gasteiger charge is 2.43. The van der Waals surface area contributed by atoms with E-state index in [0.29, 0.717) is 22.5 Å². The molecule has 8 heteroatoms. The number of anilines is 2. The van der Waals surface area contributed by atoms with E-state index in [-0.39, 0.29) is 17.9 Å². The third-order valence-corrected chi connectivity index (χ3v) is 8.65. The van der Waals surface area contributed by atoms with Gasteiger partial charge in [-0.1, -0.05) is 48.0 Å². The van der Waals surface area contributed by atoms with E-state index in [1.54, 1.807) is 26.0 Å². The SMILES string of the molecule is Cc1cc(C)c(S(=O)(=O)N2c3cc(C)c(C)cc3NC(=O)[C@H]2CC(=O)NCc2ccccc2)c(C)c1. The lowest BCUT2D eigenvalue weighted by Gasteiger charge is -2.38. The summed E-state index contributed by atoms with van der Waals surface area (Å²) in [6, 6.07) is 15.3. The molecule has 1 heterocycles. The average Bonchev–Trinajstić information content (AvgIpc) is 2.79. The summed E-state index contributed by atoms with van der Waals surface area (Å²) in [7, 11) is -4.19. The Labute approximate surface area is 212 Å². The van der Waals surface area contributed by atoms with Crippen molar-refractivity contribution in [3.8, 4) is 0 Å². The predicted molar refractivity (Wildman–Crippen MR) is 142 cm³/mol. The standard InChI is InChI=1S/C28H31N3O4S/c1-17-11-20(4)27(21(5)12-17)36(34,35)31-24-14-19(3)18(2)13-23(24)30-28(33)25(31)15-26(32)29-16-22-9-7-6-8-10-22/h6-14,25H,15-16H2,1-5H3,(H,29,32)(H,30,33)/t25-/m1/s1. The largest absolute Gasteiger partial charge is 0.352 e. The molecule has 1 aliphatic rings.